The number of benzene rings is 5. The molecule has 2 aliphatic rings. The molecule has 0 saturated carbocycles. The predicted molar refractivity (Wildman–Crippen MR) is 147 cm³/mol. The molecule has 5 aromatic carbocycles. The van der Waals surface area contributed by atoms with Crippen molar-refractivity contribution in [2.45, 2.75) is 9.79 Å². The van der Waals surface area contributed by atoms with E-state index >= 15 is 0 Å². The number of para-hydroxylation sites is 6. The average Bonchev–Trinajstić information content (AvgIpc) is 3.33. The van der Waals surface area contributed by atoms with Crippen LogP contribution in [0.4, 0.5) is 34.1 Å². The summed E-state index contributed by atoms with van der Waals surface area (Å²) in [6.45, 7) is 0. The van der Waals surface area contributed by atoms with Crippen LogP contribution in [0.15, 0.2) is 143 Å². The van der Waals surface area contributed by atoms with Crippen molar-refractivity contribution in [1.29, 1.82) is 0 Å². The molecule has 2 aliphatic heterocycles. The molecule has 3 nitrogen and oxygen atoms in total. The van der Waals surface area contributed by atoms with Crippen LogP contribution in [0.2, 0.25) is 0 Å². The second kappa shape index (κ2) is 11.0. The number of hydrogen-bond acceptors (Lipinski definition) is 1. The summed E-state index contributed by atoms with van der Waals surface area (Å²) in [5.41, 5.74) is 6.68. The maximum absolute atomic E-state index is 4.59. The smallest absolute Gasteiger partial charge is 0.656 e. The standard InChI is InChI=1S/C19H14N2.C12H8NS.Au/c1-3-9-16(10-4-1)20-15-21(17-11-5-2-6-12-17)19-14-8-7-13-18(19)20;1-3-7-11-9(5-1)13-10-6-2-4-8-12(10)14-11;/h1-14H;1-8H;/q+2;-1;+1. The molecule has 2 heterocycles. The summed E-state index contributed by atoms with van der Waals surface area (Å²) in [4.78, 5) is 2.48. The molecule has 176 valence electrons. The molecule has 0 radical (unpaired) electrons. The first-order chi connectivity index (χ1) is 17.4. The number of nitrogens with zero attached hydrogens (tertiary/aromatic N) is 3. The Kier molecular flexibility index (Phi) is 7.33. The van der Waals surface area contributed by atoms with E-state index in [1.807, 2.05) is 48.5 Å². The van der Waals surface area contributed by atoms with E-state index < -0.39 is 0 Å². The van der Waals surface area contributed by atoms with Crippen molar-refractivity contribution in [3.05, 3.63) is 139 Å². The van der Waals surface area contributed by atoms with Crippen LogP contribution in [0, 0.1) is 0 Å². The van der Waals surface area contributed by atoms with Crippen LogP contribution in [0.1, 0.15) is 0 Å². The van der Waals surface area contributed by atoms with E-state index in [0.717, 1.165) is 34.1 Å². The van der Waals surface area contributed by atoms with Gasteiger partial charge in [-0.15, -0.1) is 11.4 Å². The Balaban J connectivity index is 0.000000155. The summed E-state index contributed by atoms with van der Waals surface area (Å²) in [5, 5.41) is 4.59. The fraction of sp³-hybridized carbons (Fsp3) is 0. The maximum Gasteiger partial charge on any atom is 1.00 e. The molecule has 36 heavy (non-hydrogen) atoms. The van der Waals surface area contributed by atoms with Gasteiger partial charge in [-0.25, -0.2) is 0 Å². The van der Waals surface area contributed by atoms with Gasteiger partial charge in [0.25, 0.3) is 11.4 Å². The minimum Gasteiger partial charge on any atom is -0.656 e. The summed E-state index contributed by atoms with van der Waals surface area (Å²) in [6.07, 6.45) is 0. The summed E-state index contributed by atoms with van der Waals surface area (Å²) in [6, 6.07) is 48.9. The molecule has 0 atom stereocenters. The van der Waals surface area contributed by atoms with Crippen molar-refractivity contribution >= 4 is 51.9 Å². The van der Waals surface area contributed by atoms with Crippen LogP contribution >= 0.6 is 11.8 Å². The van der Waals surface area contributed by atoms with E-state index in [-0.39, 0.29) is 22.4 Å². The topological polar surface area (TPSA) is 20.1 Å². The molecule has 0 fully saturated rings. The van der Waals surface area contributed by atoms with Gasteiger partial charge in [0, 0.05) is 36.4 Å². The minimum atomic E-state index is 0. The minimum absolute atomic E-state index is 0. The van der Waals surface area contributed by atoms with Crippen LogP contribution in [-0.2, 0) is 22.4 Å². The SMILES string of the molecule is C1=[N+](c2ccccc2)c2ccccc2[N+]=1c1ccccc1.[Au+].c1ccc2c(c1)[N-]c1ccccc1S2. The molecule has 0 unspecified atom stereocenters. The molecule has 0 aliphatic carbocycles. The summed E-state index contributed by atoms with van der Waals surface area (Å²) in [7, 11) is 0. The largest absolute Gasteiger partial charge is 1.00 e. The van der Waals surface area contributed by atoms with E-state index in [0.29, 0.717) is 0 Å². The average molecular weight is 666 g/mol. The van der Waals surface area contributed by atoms with Crippen molar-refractivity contribution < 1.29 is 22.4 Å². The fourth-order valence-corrected chi connectivity index (χ4v) is 5.08. The van der Waals surface area contributed by atoms with E-state index in [2.05, 4.69) is 105 Å². The van der Waals surface area contributed by atoms with E-state index in [4.69, 9.17) is 0 Å². The first kappa shape index (κ1) is 24.1. The Hall–Kier alpha value is -3.63. The van der Waals surface area contributed by atoms with E-state index in [1.165, 1.54) is 9.79 Å². The molecular weight excluding hydrogens is 643 g/mol. The molecule has 7 rings (SSSR count). The third-order valence-electron chi connectivity index (χ3n) is 5.78. The zero-order valence-electron chi connectivity index (χ0n) is 19.3. The van der Waals surface area contributed by atoms with E-state index in [9.17, 15) is 0 Å². The Morgan fingerprint density at radius 3 is 1.33 bits per heavy atom. The van der Waals surface area contributed by atoms with E-state index in [1.54, 1.807) is 11.8 Å². The van der Waals surface area contributed by atoms with Gasteiger partial charge in [0.05, 0.1) is 0 Å². The van der Waals surface area contributed by atoms with Crippen LogP contribution in [0.5, 0.6) is 0 Å². The molecule has 5 aromatic rings. The maximum atomic E-state index is 4.59. The molecular formula is C31H22AuN3S+2. The second-order valence-electron chi connectivity index (χ2n) is 8.08. The van der Waals surface area contributed by atoms with Gasteiger partial charge in [-0.2, -0.15) is 0 Å². The van der Waals surface area contributed by atoms with Gasteiger partial charge in [0.1, 0.15) is 0 Å². The normalized spacial score (nSPS) is 12.2. The first-order valence-corrected chi connectivity index (χ1v) is 12.3. The van der Waals surface area contributed by atoms with Crippen molar-refractivity contribution in [3.63, 3.8) is 0 Å². The van der Waals surface area contributed by atoms with Gasteiger partial charge in [0.2, 0.25) is 11.4 Å². The van der Waals surface area contributed by atoms with Crippen molar-refractivity contribution in [3.8, 4) is 0 Å². The molecule has 0 spiro atoms. The second-order valence-corrected chi connectivity index (χ2v) is 9.16. The van der Waals surface area contributed by atoms with Crippen LogP contribution in [-0.4, -0.2) is 6.01 Å². The summed E-state index contributed by atoms with van der Waals surface area (Å²) < 4.78 is 4.20. The molecule has 0 bridgehead atoms. The van der Waals surface area contributed by atoms with Crippen LogP contribution in [0.3, 0.4) is 0 Å². The number of fused-ring (bicyclic) bond motifs is 3. The Labute approximate surface area is 231 Å². The summed E-state index contributed by atoms with van der Waals surface area (Å²) in [5.74, 6) is 0. The van der Waals surface area contributed by atoms with Gasteiger partial charge in [0.15, 0.2) is 0 Å². The molecule has 0 aromatic heterocycles. The zero-order valence-corrected chi connectivity index (χ0v) is 22.2. The zero-order chi connectivity index (χ0) is 23.5. The van der Waals surface area contributed by atoms with Crippen molar-refractivity contribution in [2.75, 3.05) is 0 Å². The molecule has 0 saturated heterocycles. The third kappa shape index (κ3) is 4.87. The predicted octanol–water partition coefficient (Wildman–Crippen LogP) is 9.03. The Morgan fingerprint density at radius 1 is 0.472 bits per heavy atom. The molecule has 0 amide bonds. The number of hydrogen-bond donors (Lipinski definition) is 0. The van der Waals surface area contributed by atoms with Gasteiger partial charge in [-0.3, -0.25) is 0 Å². The number of rotatable bonds is 2. The van der Waals surface area contributed by atoms with Gasteiger partial charge < -0.3 is 5.32 Å². The summed E-state index contributed by atoms with van der Waals surface area (Å²) >= 11 is 1.79. The van der Waals surface area contributed by atoms with Gasteiger partial charge in [-0.1, -0.05) is 96.7 Å². The van der Waals surface area contributed by atoms with Gasteiger partial charge >= 0.3 is 28.4 Å². The third-order valence-corrected chi connectivity index (χ3v) is 6.91. The Morgan fingerprint density at radius 2 is 0.861 bits per heavy atom. The van der Waals surface area contributed by atoms with Crippen molar-refractivity contribution in [2.24, 2.45) is 0 Å². The molecule has 0 N–H and O–H groups in total. The quantitative estimate of drug-likeness (QED) is 0.133. The fourth-order valence-electron chi connectivity index (χ4n) is 4.12. The van der Waals surface area contributed by atoms with Crippen LogP contribution in [0.25, 0.3) is 5.32 Å². The van der Waals surface area contributed by atoms with Gasteiger partial charge in [-0.05, 0) is 31.1 Å². The van der Waals surface area contributed by atoms with Crippen LogP contribution < -0.4 is 9.15 Å². The Bertz CT molecular complexity index is 1420. The first-order valence-electron chi connectivity index (χ1n) is 11.5. The molecule has 5 heteroatoms. The monoisotopic (exact) mass is 665 g/mol. The van der Waals surface area contributed by atoms with Crippen molar-refractivity contribution in [1.82, 2.24) is 9.15 Å².